The molecule has 1 heterocycles. The number of rotatable bonds is 4. The normalized spacial score (nSPS) is 16.2. The van der Waals surface area contributed by atoms with Crippen LogP contribution in [-0.2, 0) is 4.74 Å². The lowest BCUT2D eigenvalue weighted by molar-refractivity contribution is 0.0186. The molecule has 0 bridgehead atoms. The maximum absolute atomic E-state index is 12.1. The van der Waals surface area contributed by atoms with Crippen LogP contribution in [0.15, 0.2) is 29.3 Å². The Balaban J connectivity index is 0.00000392. The largest absolute Gasteiger partial charge is 0.497 e. The van der Waals surface area contributed by atoms with Crippen molar-refractivity contribution in [2.45, 2.75) is 32.5 Å². The molecular weight excluding hydrogens is 475 g/mol. The van der Waals surface area contributed by atoms with Crippen molar-refractivity contribution < 1.29 is 19.4 Å². The van der Waals surface area contributed by atoms with Gasteiger partial charge in [-0.3, -0.25) is 4.99 Å². The van der Waals surface area contributed by atoms with Gasteiger partial charge < -0.3 is 30.1 Å². The van der Waals surface area contributed by atoms with Gasteiger partial charge in [0, 0.05) is 26.2 Å². The highest BCUT2D eigenvalue weighted by Gasteiger charge is 2.26. The van der Waals surface area contributed by atoms with Crippen LogP contribution in [0.4, 0.5) is 4.79 Å². The minimum absolute atomic E-state index is 0. The molecule has 0 aromatic heterocycles. The van der Waals surface area contributed by atoms with Crippen molar-refractivity contribution >= 4 is 36.0 Å². The van der Waals surface area contributed by atoms with Crippen molar-refractivity contribution in [3.8, 4) is 5.75 Å². The second-order valence-corrected chi connectivity index (χ2v) is 7.44. The van der Waals surface area contributed by atoms with E-state index in [0.29, 0.717) is 32.1 Å². The maximum Gasteiger partial charge on any atom is 0.410 e. The Morgan fingerprint density at radius 3 is 2.21 bits per heavy atom. The highest BCUT2D eigenvalue weighted by Crippen LogP contribution is 2.18. The van der Waals surface area contributed by atoms with Crippen LogP contribution < -0.4 is 10.5 Å². The molecule has 1 unspecified atom stereocenters. The first-order valence-electron chi connectivity index (χ1n) is 9.04. The molecular formula is C19H31IN4O4. The second kappa shape index (κ2) is 10.7. The van der Waals surface area contributed by atoms with Gasteiger partial charge in [-0.25, -0.2) is 4.79 Å². The number of carbonyl (C=O) groups excluding carboxylic acids is 1. The summed E-state index contributed by atoms with van der Waals surface area (Å²) in [4.78, 5) is 20.0. The maximum atomic E-state index is 12.1. The summed E-state index contributed by atoms with van der Waals surface area (Å²) < 4.78 is 10.5. The van der Waals surface area contributed by atoms with E-state index in [0.717, 1.165) is 11.3 Å². The smallest absolute Gasteiger partial charge is 0.410 e. The Kier molecular flexibility index (Phi) is 9.28. The van der Waals surface area contributed by atoms with Gasteiger partial charge in [-0.1, -0.05) is 12.1 Å². The van der Waals surface area contributed by atoms with Crippen molar-refractivity contribution in [1.82, 2.24) is 9.80 Å². The van der Waals surface area contributed by atoms with Crippen molar-refractivity contribution in [3.63, 3.8) is 0 Å². The van der Waals surface area contributed by atoms with E-state index in [-0.39, 0.29) is 36.6 Å². The van der Waals surface area contributed by atoms with Gasteiger partial charge in [0.25, 0.3) is 0 Å². The van der Waals surface area contributed by atoms with Gasteiger partial charge in [0.15, 0.2) is 5.96 Å². The van der Waals surface area contributed by atoms with Crippen molar-refractivity contribution in [2.75, 3.05) is 39.8 Å². The minimum Gasteiger partial charge on any atom is -0.497 e. The zero-order valence-corrected chi connectivity index (χ0v) is 19.3. The number of hydrogen-bond donors (Lipinski definition) is 2. The number of ether oxygens (including phenoxy) is 2. The summed E-state index contributed by atoms with van der Waals surface area (Å²) in [5.41, 5.74) is 6.30. The molecule has 9 heteroatoms. The van der Waals surface area contributed by atoms with E-state index in [9.17, 15) is 9.90 Å². The standard InChI is InChI=1S/C19H30N4O4.HI/c1-19(2,3)27-18(25)23-11-9-22(10-12-23)17(20)21-13-16(24)14-5-7-15(26-4)8-6-14;/h5-8,16,24H,9-13H2,1-4H3,(H2,20,21);1H. The Bertz CT molecular complexity index is 653. The number of aliphatic imine (C=N–C) groups is 1. The molecule has 28 heavy (non-hydrogen) atoms. The first kappa shape index (κ1) is 24.3. The molecule has 1 fully saturated rings. The predicted octanol–water partition coefficient (Wildman–Crippen LogP) is 2.21. The number of nitrogens with two attached hydrogens (primary N) is 1. The van der Waals surface area contributed by atoms with Crippen molar-refractivity contribution in [3.05, 3.63) is 29.8 Å². The highest BCUT2D eigenvalue weighted by molar-refractivity contribution is 14.0. The Labute approximate surface area is 183 Å². The third kappa shape index (κ3) is 7.34. The number of hydrogen-bond acceptors (Lipinski definition) is 5. The number of amides is 1. The second-order valence-electron chi connectivity index (χ2n) is 7.44. The van der Waals surface area contributed by atoms with Crippen LogP contribution in [0.5, 0.6) is 5.75 Å². The minimum atomic E-state index is -0.738. The predicted molar refractivity (Wildman–Crippen MR) is 119 cm³/mol. The number of carbonyl (C=O) groups is 1. The summed E-state index contributed by atoms with van der Waals surface area (Å²) in [5.74, 6) is 1.10. The fourth-order valence-corrected chi connectivity index (χ4v) is 2.66. The summed E-state index contributed by atoms with van der Waals surface area (Å²) in [6, 6.07) is 7.19. The zero-order valence-electron chi connectivity index (χ0n) is 16.9. The lowest BCUT2D eigenvalue weighted by atomic mass is 10.1. The van der Waals surface area contributed by atoms with E-state index in [1.165, 1.54) is 0 Å². The SMILES string of the molecule is COc1ccc(C(O)CN=C(N)N2CCN(C(=O)OC(C)(C)C)CC2)cc1.I. The quantitative estimate of drug-likeness (QED) is 0.369. The average molecular weight is 506 g/mol. The lowest BCUT2D eigenvalue weighted by Crippen LogP contribution is -2.53. The molecule has 3 N–H and O–H groups in total. The monoisotopic (exact) mass is 506 g/mol. The van der Waals surface area contributed by atoms with E-state index in [1.54, 1.807) is 36.3 Å². The van der Waals surface area contributed by atoms with Crippen molar-refractivity contribution in [2.24, 2.45) is 10.7 Å². The summed E-state index contributed by atoms with van der Waals surface area (Å²) in [7, 11) is 1.60. The number of halogens is 1. The number of nitrogens with zero attached hydrogens (tertiary/aromatic N) is 3. The van der Waals surface area contributed by atoms with E-state index < -0.39 is 11.7 Å². The van der Waals surface area contributed by atoms with E-state index in [4.69, 9.17) is 15.2 Å². The molecule has 158 valence electrons. The van der Waals surface area contributed by atoms with Crippen LogP contribution in [0.2, 0.25) is 0 Å². The van der Waals surface area contributed by atoms with Gasteiger partial charge in [-0.05, 0) is 38.5 Å². The number of aliphatic hydroxyl groups excluding tert-OH is 1. The highest BCUT2D eigenvalue weighted by atomic mass is 127. The number of aliphatic hydroxyl groups is 1. The molecule has 0 radical (unpaired) electrons. The number of guanidine groups is 1. The first-order valence-corrected chi connectivity index (χ1v) is 9.04. The summed E-state index contributed by atoms with van der Waals surface area (Å²) in [6.07, 6.45) is -1.05. The van der Waals surface area contributed by atoms with Crippen molar-refractivity contribution in [1.29, 1.82) is 0 Å². The topological polar surface area (TPSA) is 101 Å². The fourth-order valence-electron chi connectivity index (χ4n) is 2.66. The summed E-state index contributed by atoms with van der Waals surface area (Å²) in [5, 5.41) is 10.3. The van der Waals surface area contributed by atoms with Crippen LogP contribution in [0.3, 0.4) is 0 Å². The van der Waals surface area contributed by atoms with Gasteiger partial charge in [0.05, 0.1) is 19.8 Å². The van der Waals surface area contributed by atoms with Crippen LogP contribution in [-0.4, -0.2) is 72.4 Å². The lowest BCUT2D eigenvalue weighted by Gasteiger charge is -2.36. The molecule has 0 saturated carbocycles. The average Bonchev–Trinajstić information content (AvgIpc) is 2.64. The number of methoxy groups -OCH3 is 1. The number of piperazine rings is 1. The van der Waals surface area contributed by atoms with E-state index in [2.05, 4.69) is 4.99 Å². The molecule has 1 aromatic rings. The fraction of sp³-hybridized carbons (Fsp3) is 0.579. The van der Waals surface area contributed by atoms with Crippen LogP contribution in [0.25, 0.3) is 0 Å². The van der Waals surface area contributed by atoms with E-state index in [1.807, 2.05) is 25.7 Å². The third-order valence-corrected chi connectivity index (χ3v) is 4.18. The van der Waals surface area contributed by atoms with Crippen LogP contribution >= 0.6 is 24.0 Å². The van der Waals surface area contributed by atoms with Gasteiger partial charge in [-0.15, -0.1) is 24.0 Å². The Morgan fingerprint density at radius 2 is 1.71 bits per heavy atom. The van der Waals surface area contributed by atoms with Gasteiger partial charge in [0.1, 0.15) is 11.4 Å². The Morgan fingerprint density at radius 1 is 1.18 bits per heavy atom. The molecule has 1 aromatic carbocycles. The molecule has 1 saturated heterocycles. The first-order chi connectivity index (χ1) is 12.7. The summed E-state index contributed by atoms with van der Waals surface area (Å²) in [6.45, 7) is 7.91. The zero-order chi connectivity index (χ0) is 20.0. The molecule has 0 spiro atoms. The van der Waals surface area contributed by atoms with Gasteiger partial charge in [0.2, 0.25) is 0 Å². The van der Waals surface area contributed by atoms with Gasteiger partial charge >= 0.3 is 6.09 Å². The van der Waals surface area contributed by atoms with Gasteiger partial charge in [-0.2, -0.15) is 0 Å². The molecule has 8 nitrogen and oxygen atoms in total. The van der Waals surface area contributed by atoms with E-state index >= 15 is 0 Å². The molecule has 1 aliphatic rings. The molecule has 1 aliphatic heterocycles. The number of benzene rings is 1. The summed E-state index contributed by atoms with van der Waals surface area (Å²) >= 11 is 0. The third-order valence-electron chi connectivity index (χ3n) is 4.18. The Hall–Kier alpha value is -1.75. The molecule has 1 amide bonds. The van der Waals surface area contributed by atoms with Crippen LogP contribution in [0, 0.1) is 0 Å². The molecule has 0 aliphatic carbocycles. The molecule has 1 atom stereocenters. The van der Waals surface area contributed by atoms with Crippen LogP contribution in [0.1, 0.15) is 32.4 Å². The molecule has 2 rings (SSSR count).